The molecule has 0 fully saturated rings. The number of anilines is 3. The molecule has 0 spiro atoms. The zero-order valence-corrected chi connectivity index (χ0v) is 12.5. The number of nitrogens with two attached hydrogens (primary N) is 1. The molecular weight excluding hydrogens is 264 g/mol. The summed E-state index contributed by atoms with van der Waals surface area (Å²) in [7, 11) is 0. The van der Waals surface area contributed by atoms with Crippen molar-refractivity contribution in [2.75, 3.05) is 11.1 Å². The Bertz CT molecular complexity index is 651. The van der Waals surface area contributed by atoms with E-state index in [-0.39, 0.29) is 12.1 Å². The van der Waals surface area contributed by atoms with E-state index in [4.69, 9.17) is 10.5 Å². The van der Waals surface area contributed by atoms with Crippen LogP contribution in [-0.2, 0) is 4.74 Å². The van der Waals surface area contributed by atoms with Crippen molar-refractivity contribution in [2.45, 2.75) is 26.9 Å². The number of carbonyl (C=O) groups is 1. The van der Waals surface area contributed by atoms with Crippen molar-refractivity contribution in [1.29, 1.82) is 0 Å². The zero-order valence-electron chi connectivity index (χ0n) is 12.5. The standard InChI is InChI=1S/C17H20N2O2/c1-11(2)21-17(20)14-10-13(18)8-9-16(14)19-15-7-5-4-6-12(15)3/h4-11,19H,18H2,1-3H3. The molecule has 21 heavy (non-hydrogen) atoms. The first-order chi connectivity index (χ1) is 9.97. The molecule has 0 saturated heterocycles. The van der Waals surface area contributed by atoms with Crippen LogP contribution in [0.3, 0.4) is 0 Å². The third-order valence-electron chi connectivity index (χ3n) is 3.02. The highest BCUT2D eigenvalue weighted by Gasteiger charge is 2.15. The number of para-hydroxylation sites is 1. The number of ether oxygens (including phenoxy) is 1. The van der Waals surface area contributed by atoms with Gasteiger partial charge >= 0.3 is 5.97 Å². The number of nitrogens with one attached hydrogen (secondary N) is 1. The smallest absolute Gasteiger partial charge is 0.340 e. The van der Waals surface area contributed by atoms with E-state index in [9.17, 15) is 4.79 Å². The molecule has 4 nitrogen and oxygen atoms in total. The summed E-state index contributed by atoms with van der Waals surface area (Å²) in [6.45, 7) is 5.64. The fraction of sp³-hybridized carbons (Fsp3) is 0.235. The van der Waals surface area contributed by atoms with Gasteiger partial charge in [-0.2, -0.15) is 0 Å². The minimum Gasteiger partial charge on any atom is -0.459 e. The third kappa shape index (κ3) is 3.75. The Balaban J connectivity index is 2.35. The predicted molar refractivity (Wildman–Crippen MR) is 85.9 cm³/mol. The molecule has 2 aromatic carbocycles. The topological polar surface area (TPSA) is 64.3 Å². The number of benzene rings is 2. The molecule has 0 saturated carbocycles. The molecule has 0 aromatic heterocycles. The van der Waals surface area contributed by atoms with Crippen molar-refractivity contribution in [3.8, 4) is 0 Å². The van der Waals surface area contributed by atoms with Gasteiger partial charge in [0.2, 0.25) is 0 Å². The predicted octanol–water partition coefficient (Wildman–Crippen LogP) is 3.89. The number of hydrogen-bond acceptors (Lipinski definition) is 4. The fourth-order valence-corrected chi connectivity index (χ4v) is 1.98. The molecule has 0 aliphatic rings. The molecule has 0 bridgehead atoms. The first-order valence-electron chi connectivity index (χ1n) is 6.90. The molecule has 0 unspecified atom stereocenters. The minimum absolute atomic E-state index is 0.176. The van der Waals surface area contributed by atoms with E-state index in [0.29, 0.717) is 16.9 Å². The van der Waals surface area contributed by atoms with Crippen molar-refractivity contribution in [3.63, 3.8) is 0 Å². The number of nitrogen functional groups attached to an aromatic ring is 1. The highest BCUT2D eigenvalue weighted by molar-refractivity contribution is 5.97. The maximum atomic E-state index is 12.2. The summed E-state index contributed by atoms with van der Waals surface area (Å²) in [4.78, 5) is 12.2. The molecule has 2 rings (SSSR count). The number of aryl methyl sites for hydroxylation is 1. The summed E-state index contributed by atoms with van der Waals surface area (Å²) in [5.41, 5.74) is 9.47. The Morgan fingerprint density at radius 2 is 1.86 bits per heavy atom. The van der Waals surface area contributed by atoms with E-state index in [1.807, 2.05) is 45.0 Å². The molecule has 0 heterocycles. The number of esters is 1. The Labute approximate surface area is 124 Å². The number of hydrogen-bond donors (Lipinski definition) is 2. The van der Waals surface area contributed by atoms with Crippen LogP contribution in [0, 0.1) is 6.92 Å². The lowest BCUT2D eigenvalue weighted by Gasteiger charge is -2.15. The molecule has 0 amide bonds. The second kappa shape index (κ2) is 6.31. The van der Waals surface area contributed by atoms with Gasteiger partial charge < -0.3 is 15.8 Å². The normalized spacial score (nSPS) is 10.5. The summed E-state index contributed by atoms with van der Waals surface area (Å²) >= 11 is 0. The van der Waals surface area contributed by atoms with Gasteiger partial charge in [-0.25, -0.2) is 4.79 Å². The van der Waals surface area contributed by atoms with Crippen LogP contribution in [0.5, 0.6) is 0 Å². The largest absolute Gasteiger partial charge is 0.459 e. The van der Waals surface area contributed by atoms with Gasteiger partial charge in [-0.1, -0.05) is 18.2 Å². The van der Waals surface area contributed by atoms with E-state index in [1.54, 1.807) is 18.2 Å². The Hall–Kier alpha value is -2.49. The number of carbonyl (C=O) groups excluding carboxylic acids is 1. The molecular formula is C17H20N2O2. The van der Waals surface area contributed by atoms with Crippen molar-refractivity contribution in [3.05, 3.63) is 53.6 Å². The van der Waals surface area contributed by atoms with Gasteiger partial charge in [0, 0.05) is 11.4 Å². The Morgan fingerprint density at radius 1 is 1.14 bits per heavy atom. The van der Waals surface area contributed by atoms with Crippen molar-refractivity contribution >= 4 is 23.0 Å². The first kappa shape index (κ1) is 14.9. The number of rotatable bonds is 4. The van der Waals surface area contributed by atoms with Crippen LogP contribution < -0.4 is 11.1 Å². The summed E-state index contributed by atoms with van der Waals surface area (Å²) < 4.78 is 5.27. The van der Waals surface area contributed by atoms with Crippen molar-refractivity contribution in [1.82, 2.24) is 0 Å². The lowest BCUT2D eigenvalue weighted by atomic mass is 10.1. The fourth-order valence-electron chi connectivity index (χ4n) is 1.98. The van der Waals surface area contributed by atoms with E-state index in [0.717, 1.165) is 11.3 Å². The quantitative estimate of drug-likeness (QED) is 0.660. The molecule has 0 aliphatic carbocycles. The van der Waals surface area contributed by atoms with Gasteiger partial charge in [-0.15, -0.1) is 0 Å². The molecule has 3 N–H and O–H groups in total. The van der Waals surface area contributed by atoms with E-state index in [2.05, 4.69) is 5.32 Å². The van der Waals surface area contributed by atoms with Gasteiger partial charge in [0.15, 0.2) is 0 Å². The molecule has 0 atom stereocenters. The van der Waals surface area contributed by atoms with Crippen LogP contribution in [0.15, 0.2) is 42.5 Å². The molecule has 110 valence electrons. The van der Waals surface area contributed by atoms with Crippen LogP contribution in [0.1, 0.15) is 29.8 Å². The maximum absolute atomic E-state index is 12.2. The second-order valence-electron chi connectivity index (χ2n) is 5.20. The molecule has 4 heteroatoms. The van der Waals surface area contributed by atoms with E-state index in [1.165, 1.54) is 0 Å². The molecule has 2 aromatic rings. The summed E-state index contributed by atoms with van der Waals surface area (Å²) in [5.74, 6) is -0.381. The van der Waals surface area contributed by atoms with Gasteiger partial charge in [0.05, 0.1) is 17.4 Å². The summed E-state index contributed by atoms with van der Waals surface area (Å²) in [6, 6.07) is 13.1. The lowest BCUT2D eigenvalue weighted by molar-refractivity contribution is 0.0379. The van der Waals surface area contributed by atoms with Crippen LogP contribution in [0.25, 0.3) is 0 Å². The first-order valence-corrected chi connectivity index (χ1v) is 6.90. The highest BCUT2D eigenvalue weighted by Crippen LogP contribution is 2.26. The third-order valence-corrected chi connectivity index (χ3v) is 3.02. The van der Waals surface area contributed by atoms with Crippen LogP contribution in [0.4, 0.5) is 17.1 Å². The maximum Gasteiger partial charge on any atom is 0.340 e. The Kier molecular flexibility index (Phi) is 4.48. The summed E-state index contributed by atoms with van der Waals surface area (Å²) in [5, 5.41) is 3.27. The van der Waals surface area contributed by atoms with E-state index < -0.39 is 0 Å². The average molecular weight is 284 g/mol. The monoisotopic (exact) mass is 284 g/mol. The van der Waals surface area contributed by atoms with Crippen LogP contribution in [-0.4, -0.2) is 12.1 Å². The zero-order chi connectivity index (χ0) is 15.4. The lowest BCUT2D eigenvalue weighted by Crippen LogP contribution is -2.13. The average Bonchev–Trinajstić information content (AvgIpc) is 2.42. The minimum atomic E-state index is -0.381. The summed E-state index contributed by atoms with van der Waals surface area (Å²) in [6.07, 6.45) is -0.176. The van der Waals surface area contributed by atoms with Crippen molar-refractivity contribution < 1.29 is 9.53 Å². The van der Waals surface area contributed by atoms with Crippen LogP contribution in [0.2, 0.25) is 0 Å². The second-order valence-corrected chi connectivity index (χ2v) is 5.20. The van der Waals surface area contributed by atoms with Gasteiger partial charge in [0.25, 0.3) is 0 Å². The molecule has 0 aliphatic heterocycles. The van der Waals surface area contributed by atoms with Gasteiger partial charge in [0.1, 0.15) is 0 Å². The van der Waals surface area contributed by atoms with Gasteiger partial charge in [-0.05, 0) is 50.6 Å². The SMILES string of the molecule is Cc1ccccc1Nc1ccc(N)cc1C(=O)OC(C)C. The van der Waals surface area contributed by atoms with Crippen LogP contribution >= 0.6 is 0 Å². The van der Waals surface area contributed by atoms with E-state index >= 15 is 0 Å². The Morgan fingerprint density at radius 3 is 2.52 bits per heavy atom. The molecule has 0 radical (unpaired) electrons. The highest BCUT2D eigenvalue weighted by atomic mass is 16.5. The van der Waals surface area contributed by atoms with Gasteiger partial charge in [-0.3, -0.25) is 0 Å². The van der Waals surface area contributed by atoms with Crippen molar-refractivity contribution in [2.24, 2.45) is 0 Å².